The maximum Gasteiger partial charge on any atom is 0.325 e. The third-order valence-electron chi connectivity index (χ3n) is 4.65. The fourth-order valence-corrected chi connectivity index (χ4v) is 3.23. The Morgan fingerprint density at radius 2 is 1.83 bits per heavy atom. The number of hydrogen-bond acceptors (Lipinski definition) is 6. The summed E-state index contributed by atoms with van der Waals surface area (Å²) in [5.74, 6) is -2.19. The number of ether oxygens (including phenoxy) is 1. The zero-order chi connectivity index (χ0) is 21.3. The van der Waals surface area contributed by atoms with Crippen LogP contribution in [0.5, 0.6) is 0 Å². The van der Waals surface area contributed by atoms with Crippen LogP contribution in [0.4, 0.5) is 0 Å². The monoisotopic (exact) mass is 413 g/mol. The van der Waals surface area contributed by atoms with Crippen molar-refractivity contribution in [2.24, 2.45) is 0 Å². The van der Waals surface area contributed by atoms with E-state index < -0.39 is 36.8 Å². The van der Waals surface area contributed by atoms with E-state index in [9.17, 15) is 19.2 Å². The van der Waals surface area contributed by atoms with E-state index in [1.165, 1.54) is 17.9 Å². The lowest BCUT2D eigenvalue weighted by atomic mass is 9.88. The van der Waals surface area contributed by atoms with E-state index in [4.69, 9.17) is 9.15 Å². The summed E-state index contributed by atoms with van der Waals surface area (Å²) in [5.41, 5.74) is 2.31. The molecule has 1 aromatic carbocycles. The zero-order valence-electron chi connectivity index (χ0n) is 16.3. The average Bonchev–Trinajstić information content (AvgIpc) is 3.30. The number of hydrogen-bond donors (Lipinski definition) is 3. The van der Waals surface area contributed by atoms with Crippen LogP contribution in [0.3, 0.4) is 0 Å². The van der Waals surface area contributed by atoms with Crippen LogP contribution in [0, 0.1) is 0 Å². The van der Waals surface area contributed by atoms with Gasteiger partial charge in [-0.05, 0) is 42.5 Å². The van der Waals surface area contributed by atoms with E-state index in [1.807, 2.05) is 24.3 Å². The van der Waals surface area contributed by atoms with Crippen LogP contribution in [0.2, 0.25) is 0 Å². The van der Waals surface area contributed by atoms with Gasteiger partial charge in [-0.3, -0.25) is 19.2 Å². The molecule has 30 heavy (non-hydrogen) atoms. The number of carbonyl (C=O) groups is 4. The molecule has 0 saturated heterocycles. The summed E-state index contributed by atoms with van der Waals surface area (Å²) in [7, 11) is 0. The normalized spacial score (nSPS) is 14.9. The first-order valence-electron chi connectivity index (χ1n) is 9.64. The summed E-state index contributed by atoms with van der Waals surface area (Å²) in [6, 6.07) is 10.9. The lowest BCUT2D eigenvalue weighted by molar-refractivity contribution is -0.148. The van der Waals surface area contributed by atoms with Gasteiger partial charge in [0.25, 0.3) is 11.8 Å². The summed E-state index contributed by atoms with van der Waals surface area (Å²) in [4.78, 5) is 47.2. The molecule has 0 bridgehead atoms. The lowest BCUT2D eigenvalue weighted by Gasteiger charge is -2.26. The van der Waals surface area contributed by atoms with Gasteiger partial charge in [0.05, 0.1) is 18.8 Å². The van der Waals surface area contributed by atoms with E-state index >= 15 is 0 Å². The molecule has 0 fully saturated rings. The highest BCUT2D eigenvalue weighted by molar-refractivity contribution is 5.94. The van der Waals surface area contributed by atoms with E-state index in [0.717, 1.165) is 24.8 Å². The molecule has 1 aliphatic rings. The Morgan fingerprint density at radius 1 is 1.00 bits per heavy atom. The van der Waals surface area contributed by atoms with Crippen molar-refractivity contribution in [3.63, 3.8) is 0 Å². The van der Waals surface area contributed by atoms with Crippen LogP contribution in [0.15, 0.2) is 47.1 Å². The quantitative estimate of drug-likeness (QED) is 0.551. The predicted molar refractivity (Wildman–Crippen MR) is 105 cm³/mol. The van der Waals surface area contributed by atoms with E-state index in [2.05, 4.69) is 16.0 Å². The van der Waals surface area contributed by atoms with Gasteiger partial charge in [-0.2, -0.15) is 0 Å². The lowest BCUT2D eigenvalue weighted by Crippen LogP contribution is -2.40. The van der Waals surface area contributed by atoms with Crippen molar-refractivity contribution < 1.29 is 28.3 Å². The van der Waals surface area contributed by atoms with Crippen LogP contribution in [0.1, 0.15) is 40.6 Å². The van der Waals surface area contributed by atoms with Crippen molar-refractivity contribution in [1.82, 2.24) is 16.0 Å². The Balaban J connectivity index is 1.33. The van der Waals surface area contributed by atoms with Crippen molar-refractivity contribution in [1.29, 1.82) is 0 Å². The second kappa shape index (κ2) is 10.2. The molecule has 0 radical (unpaired) electrons. The molecule has 0 unspecified atom stereocenters. The molecule has 158 valence electrons. The maximum atomic E-state index is 12.1. The van der Waals surface area contributed by atoms with Gasteiger partial charge in [0, 0.05) is 0 Å². The number of furan rings is 1. The van der Waals surface area contributed by atoms with Crippen LogP contribution in [-0.4, -0.2) is 43.4 Å². The summed E-state index contributed by atoms with van der Waals surface area (Å²) >= 11 is 0. The molecular formula is C21H23N3O6. The zero-order valence-corrected chi connectivity index (χ0v) is 16.3. The van der Waals surface area contributed by atoms with Gasteiger partial charge in [-0.15, -0.1) is 0 Å². The fraction of sp³-hybridized carbons (Fsp3) is 0.333. The predicted octanol–water partition coefficient (Wildman–Crippen LogP) is 0.863. The van der Waals surface area contributed by atoms with E-state index in [1.54, 1.807) is 6.07 Å². The number of carbonyl (C=O) groups excluding carboxylic acids is 4. The molecule has 9 heteroatoms. The van der Waals surface area contributed by atoms with E-state index in [0.29, 0.717) is 0 Å². The number of benzene rings is 1. The molecule has 1 aliphatic carbocycles. The van der Waals surface area contributed by atoms with Crippen LogP contribution in [-0.2, 0) is 25.5 Å². The van der Waals surface area contributed by atoms with E-state index in [-0.39, 0.29) is 18.3 Å². The number of aryl methyl sites for hydroxylation is 1. The molecular weight excluding hydrogens is 390 g/mol. The molecule has 0 spiro atoms. The summed E-state index contributed by atoms with van der Waals surface area (Å²) in [6.07, 6.45) is 4.13. The van der Waals surface area contributed by atoms with Gasteiger partial charge in [0.1, 0.15) is 6.54 Å². The second-order valence-corrected chi connectivity index (χ2v) is 6.81. The summed E-state index contributed by atoms with van der Waals surface area (Å²) < 4.78 is 9.80. The van der Waals surface area contributed by atoms with Crippen molar-refractivity contribution in [2.45, 2.75) is 25.3 Å². The van der Waals surface area contributed by atoms with Gasteiger partial charge in [-0.1, -0.05) is 24.3 Å². The van der Waals surface area contributed by atoms with Gasteiger partial charge in [-0.25, -0.2) is 0 Å². The number of nitrogens with one attached hydrogen (secondary N) is 3. The molecule has 0 saturated carbocycles. The van der Waals surface area contributed by atoms with Gasteiger partial charge in [0.15, 0.2) is 12.4 Å². The molecule has 1 heterocycles. The molecule has 1 atom stereocenters. The molecule has 3 amide bonds. The minimum absolute atomic E-state index is 0.0776. The largest absolute Gasteiger partial charge is 0.459 e. The number of amides is 3. The molecule has 3 N–H and O–H groups in total. The smallest absolute Gasteiger partial charge is 0.325 e. The average molecular weight is 413 g/mol. The molecule has 9 nitrogen and oxygen atoms in total. The highest BCUT2D eigenvalue weighted by Gasteiger charge is 2.21. The third kappa shape index (κ3) is 5.94. The SMILES string of the molecule is O=C(CNC(=O)c1ccco1)NCC(=O)OCC(=O)N[C@H]1CCCc2ccccc21. The van der Waals surface area contributed by atoms with Crippen molar-refractivity contribution >= 4 is 23.7 Å². The fourth-order valence-electron chi connectivity index (χ4n) is 3.23. The Labute approximate surface area is 173 Å². The number of esters is 1. The Kier molecular flexibility index (Phi) is 7.20. The molecule has 0 aliphatic heterocycles. The minimum Gasteiger partial charge on any atom is -0.459 e. The van der Waals surface area contributed by atoms with Gasteiger partial charge < -0.3 is 25.1 Å². The standard InChI is InChI=1S/C21H23N3O6/c25-18(11-23-21(28)17-9-4-10-29-17)22-12-20(27)30-13-19(26)24-16-8-3-6-14-5-1-2-7-15(14)16/h1-2,4-5,7,9-10,16H,3,6,8,11-13H2,(H,22,25)(H,23,28)(H,24,26)/t16-/m0/s1. The van der Waals surface area contributed by atoms with Gasteiger partial charge >= 0.3 is 5.97 Å². The topological polar surface area (TPSA) is 127 Å². The minimum atomic E-state index is -0.750. The first-order valence-corrected chi connectivity index (χ1v) is 9.64. The van der Waals surface area contributed by atoms with Crippen LogP contribution in [0.25, 0.3) is 0 Å². The Bertz CT molecular complexity index is 909. The maximum absolute atomic E-state index is 12.1. The first kappa shape index (κ1) is 21.1. The first-order chi connectivity index (χ1) is 14.5. The molecule has 2 aromatic rings. The highest BCUT2D eigenvalue weighted by atomic mass is 16.5. The Morgan fingerprint density at radius 3 is 2.63 bits per heavy atom. The van der Waals surface area contributed by atoms with Crippen molar-refractivity contribution in [3.05, 3.63) is 59.5 Å². The van der Waals surface area contributed by atoms with Crippen LogP contribution < -0.4 is 16.0 Å². The molecule has 3 rings (SSSR count). The second-order valence-electron chi connectivity index (χ2n) is 6.81. The third-order valence-corrected chi connectivity index (χ3v) is 4.65. The molecule has 1 aromatic heterocycles. The number of fused-ring (bicyclic) bond motifs is 1. The van der Waals surface area contributed by atoms with Crippen molar-refractivity contribution in [3.8, 4) is 0 Å². The van der Waals surface area contributed by atoms with Gasteiger partial charge in [0.2, 0.25) is 5.91 Å². The Hall–Kier alpha value is -3.62. The van der Waals surface area contributed by atoms with Crippen molar-refractivity contribution in [2.75, 3.05) is 19.7 Å². The van der Waals surface area contributed by atoms with Crippen LogP contribution >= 0.6 is 0 Å². The number of rotatable bonds is 8. The highest BCUT2D eigenvalue weighted by Crippen LogP contribution is 2.29. The summed E-state index contributed by atoms with van der Waals surface area (Å²) in [6.45, 7) is -1.16. The summed E-state index contributed by atoms with van der Waals surface area (Å²) in [5, 5.41) is 7.54.